The van der Waals surface area contributed by atoms with Crippen molar-refractivity contribution in [2.24, 2.45) is 0 Å². The van der Waals surface area contributed by atoms with Crippen LogP contribution >= 0.6 is 0 Å². The van der Waals surface area contributed by atoms with E-state index in [0.717, 1.165) is 12.0 Å². The first kappa shape index (κ1) is 18.0. The Bertz CT molecular complexity index is 820. The summed E-state index contributed by atoms with van der Waals surface area (Å²) < 4.78 is 49.1. The summed E-state index contributed by atoms with van der Waals surface area (Å²) in [7, 11) is 3.10. The molecule has 10 heteroatoms. The Labute approximate surface area is 147 Å². The summed E-state index contributed by atoms with van der Waals surface area (Å²) in [6.07, 6.45) is -3.75. The lowest BCUT2D eigenvalue weighted by Crippen LogP contribution is -2.30. The van der Waals surface area contributed by atoms with E-state index in [1.807, 2.05) is 18.2 Å². The van der Waals surface area contributed by atoms with E-state index in [4.69, 9.17) is 9.47 Å². The highest BCUT2D eigenvalue weighted by Gasteiger charge is 2.39. The van der Waals surface area contributed by atoms with Crippen molar-refractivity contribution in [3.05, 3.63) is 29.6 Å². The molecule has 1 aliphatic heterocycles. The number of fused-ring (bicyclic) bond motifs is 1. The molecule has 0 bridgehead atoms. The Kier molecular flexibility index (Phi) is 4.75. The summed E-state index contributed by atoms with van der Waals surface area (Å²) in [5.41, 5.74) is 1.01. The van der Waals surface area contributed by atoms with Crippen LogP contribution in [0.3, 0.4) is 0 Å². The van der Waals surface area contributed by atoms with Crippen molar-refractivity contribution in [2.45, 2.75) is 31.5 Å². The van der Waals surface area contributed by atoms with E-state index in [1.165, 1.54) is 4.68 Å². The molecule has 140 valence electrons. The predicted octanol–water partition coefficient (Wildman–Crippen LogP) is 2.53. The van der Waals surface area contributed by atoms with Gasteiger partial charge < -0.3 is 9.47 Å². The third-order valence-electron chi connectivity index (χ3n) is 4.23. The molecule has 1 unspecified atom stereocenters. The highest BCUT2D eigenvalue weighted by molar-refractivity contribution is 5.93. The number of carbonyl (C=O) groups excluding carboxylic acids is 1. The molecule has 1 aliphatic rings. The van der Waals surface area contributed by atoms with Crippen LogP contribution in [0, 0.1) is 0 Å². The van der Waals surface area contributed by atoms with Crippen LogP contribution < -0.4 is 14.8 Å². The summed E-state index contributed by atoms with van der Waals surface area (Å²) in [5, 5.41) is 5.61. The standard InChI is InChI=1S/C16H17F3N4O3/c1-25-11-4-3-9(7-12(11)26-2)10-5-6-23-13(8-10)20-15(22-23)21-14(24)16(17,18)19/h3-4,7,10H,5-6,8H2,1-2H3,(H,21,22,24). The molecule has 1 N–H and O–H groups in total. The highest BCUT2D eigenvalue weighted by atomic mass is 19.4. The van der Waals surface area contributed by atoms with E-state index >= 15 is 0 Å². The van der Waals surface area contributed by atoms with Crippen LogP contribution in [0.1, 0.15) is 23.7 Å². The average Bonchev–Trinajstić information content (AvgIpc) is 3.01. The molecule has 0 fully saturated rings. The summed E-state index contributed by atoms with van der Waals surface area (Å²) >= 11 is 0. The number of amides is 1. The lowest BCUT2D eigenvalue weighted by atomic mass is 9.90. The summed E-state index contributed by atoms with van der Waals surface area (Å²) in [6.45, 7) is 0.489. The van der Waals surface area contributed by atoms with Crippen LogP contribution in [0.25, 0.3) is 0 Å². The lowest BCUT2D eigenvalue weighted by molar-refractivity contribution is -0.167. The van der Waals surface area contributed by atoms with Gasteiger partial charge in [0.15, 0.2) is 11.5 Å². The molecule has 2 aromatic rings. The van der Waals surface area contributed by atoms with E-state index in [2.05, 4.69) is 10.1 Å². The second-order valence-electron chi connectivity index (χ2n) is 5.83. The normalized spacial score (nSPS) is 16.7. The smallest absolute Gasteiger partial charge is 0.471 e. The van der Waals surface area contributed by atoms with Crippen molar-refractivity contribution < 1.29 is 27.4 Å². The zero-order chi connectivity index (χ0) is 18.9. The third-order valence-corrected chi connectivity index (χ3v) is 4.23. The van der Waals surface area contributed by atoms with E-state index in [0.29, 0.717) is 30.3 Å². The number of rotatable bonds is 4. The van der Waals surface area contributed by atoms with Gasteiger partial charge in [-0.2, -0.15) is 18.2 Å². The number of nitrogens with one attached hydrogen (secondary N) is 1. The van der Waals surface area contributed by atoms with Gasteiger partial charge in [-0.1, -0.05) is 6.07 Å². The van der Waals surface area contributed by atoms with Crippen LogP contribution in [0.4, 0.5) is 19.1 Å². The first-order valence-electron chi connectivity index (χ1n) is 7.85. The maximum atomic E-state index is 12.3. The Morgan fingerprint density at radius 1 is 1.27 bits per heavy atom. The van der Waals surface area contributed by atoms with Crippen molar-refractivity contribution in [1.82, 2.24) is 14.8 Å². The number of anilines is 1. The molecule has 1 aromatic carbocycles. The number of alkyl halides is 3. The van der Waals surface area contributed by atoms with E-state index in [1.54, 1.807) is 19.5 Å². The number of hydrogen-bond donors (Lipinski definition) is 1. The molecular weight excluding hydrogens is 353 g/mol. The highest BCUT2D eigenvalue weighted by Crippen LogP contribution is 2.35. The quantitative estimate of drug-likeness (QED) is 0.895. The zero-order valence-electron chi connectivity index (χ0n) is 14.1. The second-order valence-corrected chi connectivity index (χ2v) is 5.83. The average molecular weight is 370 g/mol. The van der Waals surface area contributed by atoms with Crippen molar-refractivity contribution in [3.63, 3.8) is 0 Å². The molecule has 0 aliphatic carbocycles. The molecule has 0 saturated heterocycles. The fourth-order valence-corrected chi connectivity index (χ4v) is 2.92. The largest absolute Gasteiger partial charge is 0.493 e. The molecule has 1 amide bonds. The number of hydrogen-bond acceptors (Lipinski definition) is 5. The van der Waals surface area contributed by atoms with Gasteiger partial charge in [0.05, 0.1) is 14.2 Å². The number of methoxy groups -OCH3 is 2. The maximum Gasteiger partial charge on any atom is 0.471 e. The monoisotopic (exact) mass is 370 g/mol. The Morgan fingerprint density at radius 3 is 2.65 bits per heavy atom. The summed E-state index contributed by atoms with van der Waals surface area (Å²) in [4.78, 5) is 15.0. The van der Waals surface area contributed by atoms with Gasteiger partial charge in [-0.05, 0) is 30.0 Å². The van der Waals surface area contributed by atoms with Crippen LogP contribution in [-0.4, -0.2) is 41.1 Å². The van der Waals surface area contributed by atoms with E-state index in [9.17, 15) is 18.0 Å². The molecule has 0 radical (unpaired) electrons. The van der Waals surface area contributed by atoms with Gasteiger partial charge in [0.1, 0.15) is 5.82 Å². The van der Waals surface area contributed by atoms with Crippen molar-refractivity contribution >= 4 is 11.9 Å². The summed E-state index contributed by atoms with van der Waals surface area (Å²) in [5.74, 6) is -0.569. The van der Waals surface area contributed by atoms with Gasteiger partial charge in [0.2, 0.25) is 5.95 Å². The minimum absolute atomic E-state index is 0.109. The number of aryl methyl sites for hydroxylation is 1. The molecule has 0 spiro atoms. The second kappa shape index (κ2) is 6.85. The first-order valence-corrected chi connectivity index (χ1v) is 7.85. The third kappa shape index (κ3) is 3.58. The van der Waals surface area contributed by atoms with Gasteiger partial charge in [0, 0.05) is 13.0 Å². The van der Waals surface area contributed by atoms with Crippen LogP contribution in [0.5, 0.6) is 11.5 Å². The zero-order valence-corrected chi connectivity index (χ0v) is 14.1. The van der Waals surface area contributed by atoms with Crippen molar-refractivity contribution in [2.75, 3.05) is 19.5 Å². The van der Waals surface area contributed by atoms with E-state index in [-0.39, 0.29) is 11.9 Å². The van der Waals surface area contributed by atoms with Crippen LogP contribution in [0.2, 0.25) is 0 Å². The topological polar surface area (TPSA) is 78.3 Å². The Hall–Kier alpha value is -2.78. The predicted molar refractivity (Wildman–Crippen MR) is 85.3 cm³/mol. The lowest BCUT2D eigenvalue weighted by Gasteiger charge is -2.23. The fourth-order valence-electron chi connectivity index (χ4n) is 2.92. The van der Waals surface area contributed by atoms with Gasteiger partial charge >= 0.3 is 12.1 Å². The number of benzene rings is 1. The molecular formula is C16H17F3N4O3. The van der Waals surface area contributed by atoms with Crippen LogP contribution in [-0.2, 0) is 17.8 Å². The molecule has 26 heavy (non-hydrogen) atoms. The van der Waals surface area contributed by atoms with Gasteiger partial charge in [-0.3, -0.25) is 10.1 Å². The number of halogens is 3. The molecule has 0 saturated carbocycles. The van der Waals surface area contributed by atoms with Gasteiger partial charge in [0.25, 0.3) is 0 Å². The van der Waals surface area contributed by atoms with E-state index < -0.39 is 12.1 Å². The number of nitrogens with zero attached hydrogens (tertiary/aromatic N) is 3. The summed E-state index contributed by atoms with van der Waals surface area (Å²) in [6, 6.07) is 5.61. The first-order chi connectivity index (χ1) is 12.3. The number of aromatic nitrogens is 3. The van der Waals surface area contributed by atoms with Gasteiger partial charge in [-0.15, -0.1) is 5.10 Å². The van der Waals surface area contributed by atoms with Crippen LogP contribution in [0.15, 0.2) is 18.2 Å². The van der Waals surface area contributed by atoms with Gasteiger partial charge in [-0.25, -0.2) is 4.68 Å². The molecule has 2 heterocycles. The molecule has 1 aromatic heterocycles. The Morgan fingerprint density at radius 2 is 2.00 bits per heavy atom. The maximum absolute atomic E-state index is 12.3. The molecule has 3 rings (SSSR count). The Balaban J connectivity index is 1.77. The minimum atomic E-state index is -4.98. The number of carbonyl (C=O) groups is 1. The SMILES string of the molecule is COc1ccc(C2CCn3nc(NC(=O)C(F)(F)F)nc3C2)cc1OC. The number of ether oxygens (including phenoxy) is 2. The van der Waals surface area contributed by atoms with Crippen molar-refractivity contribution in [1.29, 1.82) is 0 Å². The fraction of sp³-hybridized carbons (Fsp3) is 0.438. The van der Waals surface area contributed by atoms with Crippen molar-refractivity contribution in [3.8, 4) is 11.5 Å². The molecule has 7 nitrogen and oxygen atoms in total. The molecule has 1 atom stereocenters. The minimum Gasteiger partial charge on any atom is -0.493 e.